The molecule has 0 aliphatic carbocycles. The smallest absolute Gasteiger partial charge is 0.179 e. The van der Waals surface area contributed by atoms with Gasteiger partial charge in [0.05, 0.1) is 23.9 Å². The van der Waals surface area contributed by atoms with E-state index in [-0.39, 0.29) is 11.7 Å². The van der Waals surface area contributed by atoms with Crippen LogP contribution in [0.2, 0.25) is 0 Å². The normalized spacial score (nSPS) is 17.1. The topological polar surface area (TPSA) is 43.4 Å². The highest BCUT2D eigenvalue weighted by molar-refractivity contribution is 7.91. The second kappa shape index (κ2) is 4.18. The Morgan fingerprint density at radius 2 is 2.00 bits per heavy atom. The maximum absolute atomic E-state index is 12.2. The summed E-state index contributed by atoms with van der Waals surface area (Å²) in [5.41, 5.74) is 1.81. The zero-order valence-electron chi connectivity index (χ0n) is 9.56. The Balaban J connectivity index is 2.30. The van der Waals surface area contributed by atoms with Crippen molar-refractivity contribution >= 4 is 9.84 Å². The Hall–Kier alpha value is -0.870. The number of sulfone groups is 1. The van der Waals surface area contributed by atoms with Crippen LogP contribution in [0.25, 0.3) is 0 Å². The summed E-state index contributed by atoms with van der Waals surface area (Å²) in [6.07, 6.45) is 0. The minimum atomic E-state index is -3.15. The largest absolute Gasteiger partial charge is 0.381 e. The molecule has 0 amide bonds. The Morgan fingerprint density at radius 3 is 2.56 bits per heavy atom. The van der Waals surface area contributed by atoms with E-state index in [0.29, 0.717) is 18.1 Å². The summed E-state index contributed by atoms with van der Waals surface area (Å²) >= 11 is 0. The van der Waals surface area contributed by atoms with Crippen molar-refractivity contribution in [3.8, 4) is 0 Å². The summed E-state index contributed by atoms with van der Waals surface area (Å²) < 4.78 is 29.3. The average molecular weight is 240 g/mol. The fourth-order valence-electron chi connectivity index (χ4n) is 1.82. The van der Waals surface area contributed by atoms with E-state index in [1.165, 1.54) is 0 Å². The molecular weight excluding hydrogens is 224 g/mol. The van der Waals surface area contributed by atoms with Crippen molar-refractivity contribution in [3.63, 3.8) is 0 Å². The zero-order chi connectivity index (χ0) is 11.8. The van der Waals surface area contributed by atoms with Gasteiger partial charge < -0.3 is 4.74 Å². The second-order valence-electron chi connectivity index (χ2n) is 4.45. The highest BCUT2D eigenvalue weighted by Crippen LogP contribution is 2.22. The molecule has 1 saturated heterocycles. The van der Waals surface area contributed by atoms with Gasteiger partial charge in [0, 0.05) is 5.92 Å². The van der Waals surface area contributed by atoms with E-state index in [1.807, 2.05) is 26.0 Å². The van der Waals surface area contributed by atoms with Crippen LogP contribution >= 0.6 is 0 Å². The summed E-state index contributed by atoms with van der Waals surface area (Å²) in [4.78, 5) is 0.472. The van der Waals surface area contributed by atoms with Gasteiger partial charge in [-0.25, -0.2) is 8.42 Å². The first-order chi connectivity index (χ1) is 7.49. The highest BCUT2D eigenvalue weighted by atomic mass is 32.2. The predicted octanol–water partition coefficient (Wildman–Crippen LogP) is 1.72. The van der Waals surface area contributed by atoms with Crippen LogP contribution in [0.3, 0.4) is 0 Å². The molecular formula is C12H16O3S. The van der Waals surface area contributed by atoms with Crippen LogP contribution in [0.5, 0.6) is 0 Å². The molecule has 0 aromatic heterocycles. The van der Waals surface area contributed by atoms with Gasteiger partial charge in [-0.1, -0.05) is 12.1 Å². The molecule has 4 heteroatoms. The maximum atomic E-state index is 12.2. The number of hydrogen-bond donors (Lipinski definition) is 0. The lowest BCUT2D eigenvalue weighted by Crippen LogP contribution is -2.34. The Labute approximate surface area is 96.4 Å². The monoisotopic (exact) mass is 240 g/mol. The lowest BCUT2D eigenvalue weighted by molar-refractivity contribution is -0.0204. The molecule has 0 bridgehead atoms. The Kier molecular flexibility index (Phi) is 3.04. The molecule has 1 heterocycles. The van der Waals surface area contributed by atoms with Crippen LogP contribution in [0, 0.1) is 19.8 Å². The molecule has 3 nitrogen and oxygen atoms in total. The molecule has 88 valence electrons. The van der Waals surface area contributed by atoms with E-state index in [1.54, 1.807) is 6.07 Å². The molecule has 16 heavy (non-hydrogen) atoms. The summed E-state index contributed by atoms with van der Waals surface area (Å²) in [6.45, 7) is 4.89. The lowest BCUT2D eigenvalue weighted by atomic mass is 10.1. The molecule has 0 atom stereocenters. The third-order valence-corrected chi connectivity index (χ3v) is 4.86. The van der Waals surface area contributed by atoms with E-state index < -0.39 is 9.84 Å². The standard InChI is InChI=1S/C12H16O3S/c1-9-3-4-10(2)12(5-9)16(13,14)8-11-6-15-7-11/h3-5,11H,6-8H2,1-2H3. The van der Waals surface area contributed by atoms with Crippen LogP contribution in [0.1, 0.15) is 11.1 Å². The van der Waals surface area contributed by atoms with Gasteiger partial charge in [0.15, 0.2) is 9.84 Å². The first kappa shape index (κ1) is 11.6. The van der Waals surface area contributed by atoms with Gasteiger partial charge in [0.2, 0.25) is 0 Å². The van der Waals surface area contributed by atoms with Gasteiger partial charge >= 0.3 is 0 Å². The van der Waals surface area contributed by atoms with Crippen molar-refractivity contribution < 1.29 is 13.2 Å². The number of hydrogen-bond acceptors (Lipinski definition) is 3. The van der Waals surface area contributed by atoms with Crippen molar-refractivity contribution in [1.82, 2.24) is 0 Å². The zero-order valence-corrected chi connectivity index (χ0v) is 10.4. The van der Waals surface area contributed by atoms with E-state index in [9.17, 15) is 8.42 Å². The fourth-order valence-corrected chi connectivity index (χ4v) is 3.74. The molecule has 0 radical (unpaired) electrons. The van der Waals surface area contributed by atoms with Crippen LogP contribution in [-0.2, 0) is 14.6 Å². The van der Waals surface area contributed by atoms with Crippen molar-refractivity contribution in [3.05, 3.63) is 29.3 Å². The number of aryl methyl sites for hydroxylation is 2. The first-order valence-corrected chi connectivity index (χ1v) is 7.02. The molecule has 0 unspecified atom stereocenters. The number of ether oxygens (including phenoxy) is 1. The third-order valence-electron chi connectivity index (χ3n) is 2.84. The summed E-state index contributed by atoms with van der Waals surface area (Å²) in [5, 5.41) is 0. The van der Waals surface area contributed by atoms with Gasteiger partial charge in [-0.2, -0.15) is 0 Å². The Bertz CT molecular complexity index is 487. The maximum Gasteiger partial charge on any atom is 0.179 e. The molecule has 2 rings (SSSR count). The summed E-state index contributed by atoms with van der Waals surface area (Å²) in [5.74, 6) is 0.377. The molecule has 0 spiro atoms. The molecule has 0 saturated carbocycles. The van der Waals surface area contributed by atoms with E-state index in [0.717, 1.165) is 11.1 Å². The van der Waals surface area contributed by atoms with Crippen LogP contribution in [0.4, 0.5) is 0 Å². The minimum absolute atomic E-state index is 0.171. The van der Waals surface area contributed by atoms with Crippen molar-refractivity contribution in [2.24, 2.45) is 5.92 Å². The van der Waals surface area contributed by atoms with Gasteiger partial charge in [-0.15, -0.1) is 0 Å². The molecule has 1 fully saturated rings. The summed E-state index contributed by atoms with van der Waals surface area (Å²) in [6, 6.07) is 5.55. The van der Waals surface area contributed by atoms with Gasteiger partial charge in [0.1, 0.15) is 0 Å². The predicted molar refractivity (Wildman–Crippen MR) is 62.3 cm³/mol. The first-order valence-electron chi connectivity index (χ1n) is 5.37. The average Bonchev–Trinajstić information content (AvgIpc) is 2.16. The quantitative estimate of drug-likeness (QED) is 0.808. The molecule has 0 N–H and O–H groups in total. The molecule has 1 aliphatic rings. The van der Waals surface area contributed by atoms with Crippen LogP contribution < -0.4 is 0 Å². The van der Waals surface area contributed by atoms with Gasteiger partial charge in [0.25, 0.3) is 0 Å². The van der Waals surface area contributed by atoms with Crippen LogP contribution in [-0.4, -0.2) is 27.4 Å². The van der Waals surface area contributed by atoms with Gasteiger partial charge in [-0.3, -0.25) is 0 Å². The van der Waals surface area contributed by atoms with E-state index in [2.05, 4.69) is 0 Å². The number of rotatable bonds is 3. The molecule has 1 aromatic carbocycles. The second-order valence-corrected chi connectivity index (χ2v) is 6.46. The van der Waals surface area contributed by atoms with Crippen molar-refractivity contribution in [1.29, 1.82) is 0 Å². The van der Waals surface area contributed by atoms with Crippen LogP contribution in [0.15, 0.2) is 23.1 Å². The van der Waals surface area contributed by atoms with E-state index in [4.69, 9.17) is 4.74 Å². The molecule has 1 aromatic rings. The van der Waals surface area contributed by atoms with Crippen molar-refractivity contribution in [2.45, 2.75) is 18.7 Å². The van der Waals surface area contributed by atoms with Crippen molar-refractivity contribution in [2.75, 3.05) is 19.0 Å². The minimum Gasteiger partial charge on any atom is -0.381 e. The number of benzene rings is 1. The SMILES string of the molecule is Cc1ccc(C)c(S(=O)(=O)CC2COC2)c1. The highest BCUT2D eigenvalue weighted by Gasteiger charge is 2.27. The fraction of sp³-hybridized carbons (Fsp3) is 0.500. The van der Waals surface area contributed by atoms with Gasteiger partial charge in [-0.05, 0) is 31.0 Å². The third kappa shape index (κ3) is 2.28. The Morgan fingerprint density at radius 1 is 1.31 bits per heavy atom. The lowest BCUT2D eigenvalue weighted by Gasteiger charge is -2.25. The van der Waals surface area contributed by atoms with E-state index >= 15 is 0 Å². The molecule has 1 aliphatic heterocycles. The summed E-state index contributed by atoms with van der Waals surface area (Å²) in [7, 11) is -3.15.